The van der Waals surface area contributed by atoms with Crippen molar-refractivity contribution >= 4 is 57.1 Å². The number of hydrogen-bond acceptors (Lipinski definition) is 4. The van der Waals surface area contributed by atoms with Crippen LogP contribution in [0.25, 0.3) is 0 Å². The molecule has 0 fully saturated rings. The number of rotatable bonds is 3. The summed E-state index contributed by atoms with van der Waals surface area (Å²) < 4.78 is 5.87. The Morgan fingerprint density at radius 2 is 1.83 bits per heavy atom. The highest BCUT2D eigenvalue weighted by atomic mass is 127. The molecule has 1 amide bonds. The van der Waals surface area contributed by atoms with E-state index in [1.807, 2.05) is 45.2 Å². The van der Waals surface area contributed by atoms with Crippen LogP contribution in [0.2, 0.25) is 0 Å². The van der Waals surface area contributed by atoms with Crippen molar-refractivity contribution in [2.24, 2.45) is 0 Å². The van der Waals surface area contributed by atoms with Crippen molar-refractivity contribution in [1.82, 2.24) is 5.32 Å². The van der Waals surface area contributed by atoms with E-state index < -0.39 is 12.0 Å². The molecule has 2 N–H and O–H groups in total. The van der Waals surface area contributed by atoms with E-state index in [0.717, 1.165) is 0 Å². The summed E-state index contributed by atoms with van der Waals surface area (Å²) in [5, 5.41) is 12.2. The number of amides is 1. The lowest BCUT2D eigenvalue weighted by Gasteiger charge is -2.17. The van der Waals surface area contributed by atoms with E-state index in [9.17, 15) is 14.7 Å². The number of halogens is 2. The van der Waals surface area contributed by atoms with Gasteiger partial charge in [-0.2, -0.15) is 0 Å². The first-order valence-corrected chi connectivity index (χ1v) is 7.05. The molecule has 1 rings (SSSR count). The normalized spacial score (nSPS) is 11.8. The van der Waals surface area contributed by atoms with E-state index in [0.29, 0.717) is 12.7 Å². The van der Waals surface area contributed by atoms with Crippen LogP contribution < -0.4 is 5.32 Å². The number of nitrogens with one attached hydrogen (secondary N) is 1. The van der Waals surface area contributed by atoms with E-state index in [1.54, 1.807) is 12.1 Å². The minimum Gasteiger partial charge on any atom is -0.506 e. The van der Waals surface area contributed by atoms with Gasteiger partial charge in [0.15, 0.2) is 6.04 Å². The molecule has 0 radical (unpaired) electrons. The number of methoxy groups -OCH3 is 1. The quantitative estimate of drug-likeness (QED) is 0.518. The smallest absolute Gasteiger partial charge is 0.333 e. The van der Waals surface area contributed by atoms with Gasteiger partial charge in [0.25, 0.3) is 0 Å². The highest BCUT2D eigenvalue weighted by Gasteiger charge is 2.24. The number of hydrogen-bond donors (Lipinski definition) is 2. The van der Waals surface area contributed by atoms with Crippen LogP contribution in [0.1, 0.15) is 18.5 Å². The predicted molar refractivity (Wildman–Crippen MR) is 82.1 cm³/mol. The zero-order valence-corrected chi connectivity index (χ0v) is 14.0. The van der Waals surface area contributed by atoms with Crippen molar-refractivity contribution in [2.75, 3.05) is 7.11 Å². The molecule has 1 aromatic carbocycles. The van der Waals surface area contributed by atoms with Gasteiger partial charge in [-0.15, -0.1) is 0 Å². The molecule has 0 aliphatic heterocycles. The Hall–Kier alpha value is -0.580. The Morgan fingerprint density at radius 3 is 2.22 bits per heavy atom. The average molecular weight is 475 g/mol. The molecule has 0 saturated carbocycles. The van der Waals surface area contributed by atoms with Crippen LogP contribution in [0.3, 0.4) is 0 Å². The van der Waals surface area contributed by atoms with Crippen molar-refractivity contribution in [1.29, 1.82) is 0 Å². The summed E-state index contributed by atoms with van der Waals surface area (Å²) in [5.74, 6) is -0.725. The fourth-order valence-corrected chi connectivity index (χ4v) is 3.17. The Morgan fingerprint density at radius 1 is 1.33 bits per heavy atom. The van der Waals surface area contributed by atoms with Gasteiger partial charge >= 0.3 is 5.97 Å². The molecule has 7 heteroatoms. The zero-order chi connectivity index (χ0) is 13.9. The summed E-state index contributed by atoms with van der Waals surface area (Å²) in [6.07, 6.45) is 0. The number of aromatic hydroxyl groups is 1. The van der Waals surface area contributed by atoms with Crippen LogP contribution in [0.5, 0.6) is 5.75 Å². The SMILES string of the molecule is COC(=O)[C@H](NC(C)=O)c1cc(I)c(O)c(I)c1. The van der Waals surface area contributed by atoms with Gasteiger partial charge in [-0.1, -0.05) is 0 Å². The molecule has 0 aliphatic carbocycles. The molecule has 0 spiro atoms. The van der Waals surface area contributed by atoms with Gasteiger partial charge in [-0.3, -0.25) is 4.79 Å². The Kier molecular flexibility index (Phi) is 5.63. The largest absolute Gasteiger partial charge is 0.506 e. The van der Waals surface area contributed by atoms with Gasteiger partial charge in [0.2, 0.25) is 5.91 Å². The van der Waals surface area contributed by atoms with Gasteiger partial charge in [0, 0.05) is 6.92 Å². The minimum absolute atomic E-state index is 0.159. The molecule has 18 heavy (non-hydrogen) atoms. The molecular weight excluding hydrogens is 464 g/mol. The Bertz CT molecular complexity index is 467. The standard InChI is InChI=1S/C11H11I2NO4/c1-5(15)14-9(11(17)18-2)6-3-7(12)10(16)8(13)4-6/h3-4,9,16H,1-2H3,(H,14,15)/t9-/m1/s1. The minimum atomic E-state index is -0.866. The van der Waals surface area contributed by atoms with Crippen molar-refractivity contribution in [3.63, 3.8) is 0 Å². The number of benzene rings is 1. The molecular formula is C11H11I2NO4. The molecule has 0 unspecified atom stereocenters. The second-order valence-corrected chi connectivity index (χ2v) is 5.81. The lowest BCUT2D eigenvalue weighted by atomic mass is 10.1. The first kappa shape index (κ1) is 15.5. The van der Waals surface area contributed by atoms with Crippen LogP contribution in [-0.4, -0.2) is 24.1 Å². The lowest BCUT2D eigenvalue weighted by Crippen LogP contribution is -2.33. The van der Waals surface area contributed by atoms with Crippen LogP contribution in [-0.2, 0) is 14.3 Å². The number of carbonyl (C=O) groups excluding carboxylic acids is 2. The summed E-state index contributed by atoms with van der Waals surface area (Å²) in [7, 11) is 1.26. The lowest BCUT2D eigenvalue weighted by molar-refractivity contribution is -0.145. The highest BCUT2D eigenvalue weighted by molar-refractivity contribution is 14.1. The number of phenolic OH excluding ortho intramolecular Hbond substituents is 1. The third-order valence-corrected chi connectivity index (χ3v) is 3.80. The Balaban J connectivity index is 3.20. The van der Waals surface area contributed by atoms with E-state index in [-0.39, 0.29) is 11.7 Å². The second kappa shape index (κ2) is 6.55. The summed E-state index contributed by atoms with van der Waals surface area (Å²) >= 11 is 3.92. The predicted octanol–water partition coefficient (Wildman–Crippen LogP) is 1.95. The van der Waals surface area contributed by atoms with Gasteiger partial charge < -0.3 is 15.2 Å². The van der Waals surface area contributed by atoms with Crippen molar-refractivity contribution in [3.05, 3.63) is 24.8 Å². The maximum atomic E-state index is 11.7. The number of esters is 1. The Labute approximate surface area is 132 Å². The van der Waals surface area contributed by atoms with E-state index in [4.69, 9.17) is 0 Å². The maximum absolute atomic E-state index is 11.7. The summed E-state index contributed by atoms with van der Waals surface area (Å²) in [6.45, 7) is 1.33. The van der Waals surface area contributed by atoms with Gasteiger partial charge in [0.05, 0.1) is 14.3 Å². The maximum Gasteiger partial charge on any atom is 0.333 e. The molecule has 1 aromatic rings. The van der Waals surface area contributed by atoms with E-state index >= 15 is 0 Å². The molecule has 1 atom stereocenters. The van der Waals surface area contributed by atoms with Gasteiger partial charge in [0.1, 0.15) is 5.75 Å². The first-order valence-electron chi connectivity index (χ1n) is 4.89. The van der Waals surface area contributed by atoms with Gasteiger partial charge in [-0.25, -0.2) is 4.79 Å². The molecule has 0 saturated heterocycles. The third-order valence-electron chi connectivity index (χ3n) is 2.16. The summed E-state index contributed by atoms with van der Waals surface area (Å²) in [5.41, 5.74) is 0.573. The van der Waals surface area contributed by atoms with E-state index in [1.165, 1.54) is 14.0 Å². The topological polar surface area (TPSA) is 75.6 Å². The van der Waals surface area contributed by atoms with Crippen LogP contribution in [0.4, 0.5) is 0 Å². The second-order valence-electron chi connectivity index (χ2n) is 3.49. The van der Waals surface area contributed by atoms with Gasteiger partial charge in [-0.05, 0) is 62.9 Å². The molecule has 98 valence electrons. The molecule has 0 aromatic heterocycles. The fourth-order valence-electron chi connectivity index (χ4n) is 1.35. The van der Waals surface area contributed by atoms with Crippen LogP contribution >= 0.6 is 45.2 Å². The van der Waals surface area contributed by atoms with Crippen molar-refractivity contribution in [3.8, 4) is 5.75 Å². The molecule has 0 aliphatic rings. The average Bonchev–Trinajstić information content (AvgIpc) is 2.31. The van der Waals surface area contributed by atoms with E-state index in [2.05, 4.69) is 10.1 Å². The number of phenols is 1. The van der Waals surface area contributed by atoms with Crippen molar-refractivity contribution < 1.29 is 19.4 Å². The first-order chi connectivity index (χ1) is 8.36. The van der Waals surface area contributed by atoms with Crippen LogP contribution in [0.15, 0.2) is 12.1 Å². The summed E-state index contributed by atoms with van der Waals surface area (Å²) in [4.78, 5) is 22.8. The molecule has 0 heterocycles. The molecule has 0 bridgehead atoms. The number of carbonyl (C=O) groups is 2. The highest BCUT2D eigenvalue weighted by Crippen LogP contribution is 2.30. The number of ether oxygens (including phenoxy) is 1. The fraction of sp³-hybridized carbons (Fsp3) is 0.273. The molecule has 5 nitrogen and oxygen atoms in total. The van der Waals surface area contributed by atoms with Crippen LogP contribution in [0, 0.1) is 7.14 Å². The zero-order valence-electron chi connectivity index (χ0n) is 9.66. The summed E-state index contributed by atoms with van der Waals surface area (Å²) in [6, 6.07) is 2.40. The monoisotopic (exact) mass is 475 g/mol. The third kappa shape index (κ3) is 3.70. The van der Waals surface area contributed by atoms with Crippen molar-refractivity contribution in [2.45, 2.75) is 13.0 Å².